The van der Waals surface area contributed by atoms with Gasteiger partial charge in [0.15, 0.2) is 0 Å². The number of hydrogen-bond acceptors (Lipinski definition) is 5. The minimum absolute atomic E-state index is 0.205. The van der Waals surface area contributed by atoms with Crippen LogP contribution in [0.25, 0.3) is 0 Å². The molecule has 2 rings (SSSR count). The van der Waals surface area contributed by atoms with Crippen LogP contribution in [-0.2, 0) is 6.54 Å². The number of benzene rings is 1. The Kier molecular flexibility index (Phi) is 7.47. The molecule has 138 valence electrons. The maximum absolute atomic E-state index is 5.83. The fourth-order valence-electron chi connectivity index (χ4n) is 3.02. The summed E-state index contributed by atoms with van der Waals surface area (Å²) in [5.41, 5.74) is 3.33. The van der Waals surface area contributed by atoms with Gasteiger partial charge in [-0.3, -0.25) is 0 Å². The predicted octanol–water partition coefficient (Wildman–Crippen LogP) is 3.86. The zero-order chi connectivity index (χ0) is 18.2. The van der Waals surface area contributed by atoms with Crippen LogP contribution in [0.4, 0.5) is 0 Å². The van der Waals surface area contributed by atoms with Crippen LogP contribution in [0.2, 0.25) is 0 Å². The van der Waals surface area contributed by atoms with E-state index in [-0.39, 0.29) is 6.04 Å². The van der Waals surface area contributed by atoms with Crippen LogP contribution in [-0.4, -0.2) is 36.3 Å². The van der Waals surface area contributed by atoms with Gasteiger partial charge in [-0.2, -0.15) is 0 Å². The molecule has 1 heterocycles. The van der Waals surface area contributed by atoms with Crippen LogP contribution >= 0.6 is 0 Å². The lowest BCUT2D eigenvalue weighted by Crippen LogP contribution is -2.27. The molecular formula is C20H31N3O2. The molecular weight excluding hydrogens is 314 g/mol. The number of ether oxygens (including phenoxy) is 1. The first kappa shape index (κ1) is 19.5. The first-order valence-electron chi connectivity index (χ1n) is 9.15. The van der Waals surface area contributed by atoms with Crippen molar-refractivity contribution < 1.29 is 9.26 Å². The maximum Gasteiger partial charge on any atom is 0.138 e. The number of nitrogens with zero attached hydrogens (tertiary/aromatic N) is 2. The van der Waals surface area contributed by atoms with Crippen LogP contribution in [0.3, 0.4) is 0 Å². The van der Waals surface area contributed by atoms with Crippen molar-refractivity contribution in [3.63, 3.8) is 0 Å². The lowest BCUT2D eigenvalue weighted by atomic mass is 10.1. The fraction of sp³-hybridized carbons (Fsp3) is 0.550. The average molecular weight is 345 g/mol. The third kappa shape index (κ3) is 5.58. The van der Waals surface area contributed by atoms with E-state index in [0.717, 1.165) is 55.6 Å². The molecule has 25 heavy (non-hydrogen) atoms. The van der Waals surface area contributed by atoms with E-state index in [1.54, 1.807) is 0 Å². The van der Waals surface area contributed by atoms with Crippen LogP contribution in [0.1, 0.15) is 49.4 Å². The molecule has 0 fully saturated rings. The molecule has 0 aliphatic carbocycles. The van der Waals surface area contributed by atoms with Gasteiger partial charge in [-0.25, -0.2) is 0 Å². The quantitative estimate of drug-likeness (QED) is 0.708. The fourth-order valence-corrected chi connectivity index (χ4v) is 3.02. The lowest BCUT2D eigenvalue weighted by molar-refractivity contribution is 0.223. The largest absolute Gasteiger partial charge is 0.492 e. The molecule has 1 N–H and O–H groups in total. The summed E-state index contributed by atoms with van der Waals surface area (Å²) in [5.74, 6) is 1.81. The van der Waals surface area contributed by atoms with Gasteiger partial charge in [-0.1, -0.05) is 31.1 Å². The smallest absolute Gasteiger partial charge is 0.138 e. The molecule has 0 bridgehead atoms. The molecule has 1 unspecified atom stereocenters. The Bertz CT molecular complexity index is 613. The first-order chi connectivity index (χ1) is 12.0. The Morgan fingerprint density at radius 2 is 1.84 bits per heavy atom. The number of aromatic nitrogens is 1. The third-order valence-corrected chi connectivity index (χ3v) is 4.63. The van der Waals surface area contributed by atoms with E-state index in [0.29, 0.717) is 0 Å². The summed E-state index contributed by atoms with van der Waals surface area (Å²) in [6.07, 6.45) is 0. The summed E-state index contributed by atoms with van der Waals surface area (Å²) < 4.78 is 11.1. The van der Waals surface area contributed by atoms with Gasteiger partial charge < -0.3 is 19.5 Å². The van der Waals surface area contributed by atoms with Crippen LogP contribution in [0, 0.1) is 13.8 Å². The zero-order valence-corrected chi connectivity index (χ0v) is 16.1. The lowest BCUT2D eigenvalue weighted by Gasteiger charge is -2.18. The van der Waals surface area contributed by atoms with Crippen LogP contribution < -0.4 is 10.1 Å². The van der Waals surface area contributed by atoms with Crippen molar-refractivity contribution in [1.29, 1.82) is 0 Å². The van der Waals surface area contributed by atoms with Gasteiger partial charge in [0.25, 0.3) is 0 Å². The second kappa shape index (κ2) is 9.59. The molecule has 2 aromatic rings. The predicted molar refractivity (Wildman–Crippen MR) is 101 cm³/mol. The molecule has 0 radical (unpaired) electrons. The van der Waals surface area contributed by atoms with Crippen molar-refractivity contribution in [1.82, 2.24) is 15.4 Å². The Morgan fingerprint density at radius 3 is 2.40 bits per heavy atom. The van der Waals surface area contributed by atoms with Crippen LogP contribution in [0.15, 0.2) is 28.8 Å². The van der Waals surface area contributed by atoms with Crippen molar-refractivity contribution in [3.05, 3.63) is 46.8 Å². The van der Waals surface area contributed by atoms with Gasteiger partial charge in [0.05, 0.1) is 5.69 Å². The van der Waals surface area contributed by atoms with Crippen molar-refractivity contribution in [3.8, 4) is 5.75 Å². The molecule has 0 aliphatic rings. The summed E-state index contributed by atoms with van der Waals surface area (Å²) in [7, 11) is 0. The summed E-state index contributed by atoms with van der Waals surface area (Å²) in [5, 5.41) is 7.55. The monoisotopic (exact) mass is 345 g/mol. The molecule has 0 saturated carbocycles. The first-order valence-corrected chi connectivity index (χ1v) is 9.15. The number of rotatable bonds is 10. The molecule has 0 amide bonds. The van der Waals surface area contributed by atoms with Gasteiger partial charge in [-0.15, -0.1) is 0 Å². The summed E-state index contributed by atoms with van der Waals surface area (Å²) in [4.78, 5) is 2.36. The number of hydrogen-bond donors (Lipinski definition) is 1. The van der Waals surface area contributed by atoms with Crippen molar-refractivity contribution >= 4 is 0 Å². The SMILES string of the molecule is CCN(CC)CCOc1ccc(CNC(C)c2c(C)noc2C)cc1. The summed E-state index contributed by atoms with van der Waals surface area (Å²) in [6, 6.07) is 8.51. The molecule has 1 aromatic carbocycles. The third-order valence-electron chi connectivity index (χ3n) is 4.63. The summed E-state index contributed by atoms with van der Waals surface area (Å²) >= 11 is 0. The van der Waals surface area contributed by atoms with Crippen molar-refractivity contribution in [2.24, 2.45) is 0 Å². The van der Waals surface area contributed by atoms with E-state index in [9.17, 15) is 0 Å². The van der Waals surface area contributed by atoms with E-state index in [2.05, 4.69) is 48.3 Å². The molecule has 5 nitrogen and oxygen atoms in total. The van der Waals surface area contributed by atoms with E-state index < -0.39 is 0 Å². The average Bonchev–Trinajstić information content (AvgIpc) is 2.96. The maximum atomic E-state index is 5.83. The number of aryl methyl sites for hydroxylation is 2. The second-order valence-electron chi connectivity index (χ2n) is 6.36. The standard InChI is InChI=1S/C20H31N3O2/c1-6-23(7-2)12-13-24-19-10-8-18(9-11-19)14-21-15(3)20-16(4)22-25-17(20)5/h8-11,15,21H,6-7,12-14H2,1-5H3. The second-order valence-corrected chi connectivity index (χ2v) is 6.36. The van der Waals surface area contributed by atoms with Gasteiger partial charge in [0.2, 0.25) is 0 Å². The van der Waals surface area contributed by atoms with Crippen molar-refractivity contribution in [2.75, 3.05) is 26.2 Å². The number of likely N-dealkylation sites (N-methyl/N-ethyl adjacent to an activating group) is 1. The minimum atomic E-state index is 0.205. The van der Waals surface area contributed by atoms with Crippen LogP contribution in [0.5, 0.6) is 5.75 Å². The van der Waals surface area contributed by atoms with Gasteiger partial charge in [-0.05, 0) is 51.6 Å². The molecule has 1 atom stereocenters. The van der Waals surface area contributed by atoms with Gasteiger partial charge in [0, 0.05) is 24.7 Å². The highest BCUT2D eigenvalue weighted by Crippen LogP contribution is 2.21. The van der Waals surface area contributed by atoms with E-state index in [1.165, 1.54) is 5.56 Å². The molecule has 1 aromatic heterocycles. The normalized spacial score (nSPS) is 12.6. The zero-order valence-electron chi connectivity index (χ0n) is 16.1. The highest BCUT2D eigenvalue weighted by atomic mass is 16.5. The number of nitrogens with one attached hydrogen (secondary N) is 1. The highest BCUT2D eigenvalue weighted by Gasteiger charge is 2.15. The Morgan fingerprint density at radius 1 is 1.16 bits per heavy atom. The molecule has 5 heteroatoms. The minimum Gasteiger partial charge on any atom is -0.492 e. The van der Waals surface area contributed by atoms with Gasteiger partial charge in [0.1, 0.15) is 18.1 Å². The Hall–Kier alpha value is -1.85. The topological polar surface area (TPSA) is 50.5 Å². The highest BCUT2D eigenvalue weighted by molar-refractivity contribution is 5.28. The van der Waals surface area contributed by atoms with Gasteiger partial charge >= 0.3 is 0 Å². The molecule has 0 aliphatic heterocycles. The van der Waals surface area contributed by atoms with E-state index >= 15 is 0 Å². The Balaban J connectivity index is 1.80. The van der Waals surface area contributed by atoms with Crippen molar-refractivity contribution in [2.45, 2.75) is 47.2 Å². The molecule has 0 spiro atoms. The van der Waals surface area contributed by atoms with E-state index in [4.69, 9.17) is 9.26 Å². The molecule has 0 saturated heterocycles. The van der Waals surface area contributed by atoms with E-state index in [1.807, 2.05) is 26.0 Å². The summed E-state index contributed by atoms with van der Waals surface area (Å²) in [6.45, 7) is 15.0. The Labute approximate surface area is 151 Å².